The molecule has 6 heteroatoms. The third-order valence-electron chi connectivity index (χ3n) is 3.12. The van der Waals surface area contributed by atoms with Crippen LogP contribution in [0, 0.1) is 0 Å². The molecule has 1 aliphatic rings. The molecule has 0 aliphatic carbocycles. The number of nitrogens with one attached hydrogen (secondary N) is 1. The fourth-order valence-electron chi connectivity index (χ4n) is 2.00. The molecular weight excluding hydrogens is 258 g/mol. The summed E-state index contributed by atoms with van der Waals surface area (Å²) in [6.07, 6.45) is 0. The van der Waals surface area contributed by atoms with E-state index in [1.807, 2.05) is 11.8 Å². The number of aromatic nitrogens is 2. The molecule has 1 aromatic rings. The molecule has 106 valence electrons. The quantitative estimate of drug-likeness (QED) is 0.855. The van der Waals surface area contributed by atoms with Crippen molar-refractivity contribution in [3.63, 3.8) is 0 Å². The monoisotopic (exact) mass is 281 g/mol. The lowest BCUT2D eigenvalue weighted by atomic mass is 10.2. The molecule has 2 heterocycles. The molecule has 3 N–H and O–H groups in total. The molecule has 0 unspecified atom stereocenters. The van der Waals surface area contributed by atoms with Gasteiger partial charge in [0.1, 0.15) is 17.5 Å². The zero-order valence-electron chi connectivity index (χ0n) is 11.7. The lowest BCUT2D eigenvalue weighted by Crippen LogP contribution is -2.36. The molecule has 5 nitrogen and oxygen atoms in total. The van der Waals surface area contributed by atoms with Gasteiger partial charge in [0.15, 0.2) is 0 Å². The third kappa shape index (κ3) is 4.54. The number of nitrogens with zero attached hydrogens (tertiary/aromatic N) is 3. The summed E-state index contributed by atoms with van der Waals surface area (Å²) in [5, 5.41) is 3.35. The van der Waals surface area contributed by atoms with Gasteiger partial charge in [0.2, 0.25) is 0 Å². The fourth-order valence-corrected chi connectivity index (χ4v) is 2.98. The Morgan fingerprint density at radius 3 is 2.79 bits per heavy atom. The second kappa shape index (κ2) is 6.96. The predicted molar refractivity (Wildman–Crippen MR) is 82.8 cm³/mol. The molecule has 1 fully saturated rings. The molecule has 0 atom stereocenters. The van der Waals surface area contributed by atoms with Gasteiger partial charge in [-0.05, 0) is 0 Å². The molecule has 0 amide bonds. The maximum atomic E-state index is 5.81. The summed E-state index contributed by atoms with van der Waals surface area (Å²) in [6.45, 7) is 8.49. The van der Waals surface area contributed by atoms with E-state index < -0.39 is 0 Å². The third-order valence-corrected chi connectivity index (χ3v) is 4.06. The molecule has 0 saturated carbocycles. The first-order valence-corrected chi connectivity index (χ1v) is 7.99. The van der Waals surface area contributed by atoms with Gasteiger partial charge in [-0.25, -0.2) is 9.97 Å². The number of hydrogen-bond acceptors (Lipinski definition) is 6. The fraction of sp³-hybridized carbons (Fsp3) is 0.692. The Morgan fingerprint density at radius 2 is 2.11 bits per heavy atom. The van der Waals surface area contributed by atoms with E-state index >= 15 is 0 Å². The van der Waals surface area contributed by atoms with Crippen LogP contribution in [0.15, 0.2) is 6.07 Å². The van der Waals surface area contributed by atoms with E-state index in [-0.39, 0.29) is 0 Å². The zero-order valence-corrected chi connectivity index (χ0v) is 12.5. The zero-order chi connectivity index (χ0) is 13.7. The SMILES string of the molecule is CC(C)c1nc(N)cc(NCCN2CCSCC2)n1. The molecular formula is C13H23N5S. The van der Waals surface area contributed by atoms with E-state index in [9.17, 15) is 0 Å². The Hall–Kier alpha value is -1.01. The minimum Gasteiger partial charge on any atom is -0.384 e. The summed E-state index contributed by atoms with van der Waals surface area (Å²) in [5.41, 5.74) is 5.81. The van der Waals surface area contributed by atoms with Gasteiger partial charge >= 0.3 is 0 Å². The van der Waals surface area contributed by atoms with Crippen LogP contribution in [0.1, 0.15) is 25.6 Å². The average molecular weight is 281 g/mol. The van der Waals surface area contributed by atoms with E-state index in [0.29, 0.717) is 11.7 Å². The van der Waals surface area contributed by atoms with Crippen LogP contribution >= 0.6 is 11.8 Å². The Bertz CT molecular complexity index is 404. The summed E-state index contributed by atoms with van der Waals surface area (Å²) in [4.78, 5) is 11.2. The van der Waals surface area contributed by atoms with Crippen molar-refractivity contribution in [3.05, 3.63) is 11.9 Å². The lowest BCUT2D eigenvalue weighted by Gasteiger charge is -2.26. The van der Waals surface area contributed by atoms with Gasteiger partial charge in [0.05, 0.1) is 0 Å². The van der Waals surface area contributed by atoms with Crippen molar-refractivity contribution in [2.75, 3.05) is 48.7 Å². The number of anilines is 2. The van der Waals surface area contributed by atoms with Gasteiger partial charge < -0.3 is 11.1 Å². The molecule has 0 radical (unpaired) electrons. The Kier molecular flexibility index (Phi) is 5.27. The maximum absolute atomic E-state index is 5.81. The number of thioether (sulfide) groups is 1. The molecule has 0 bridgehead atoms. The summed E-state index contributed by atoms with van der Waals surface area (Å²) in [6, 6.07) is 1.80. The van der Waals surface area contributed by atoms with Crippen LogP contribution in [0.25, 0.3) is 0 Å². The molecule has 1 aliphatic heterocycles. The van der Waals surface area contributed by atoms with Crippen LogP contribution in [0.3, 0.4) is 0 Å². The van der Waals surface area contributed by atoms with Crippen LogP contribution in [-0.2, 0) is 0 Å². The van der Waals surface area contributed by atoms with Gasteiger partial charge in [-0.2, -0.15) is 11.8 Å². The number of nitrogen functional groups attached to an aromatic ring is 1. The van der Waals surface area contributed by atoms with E-state index in [4.69, 9.17) is 5.73 Å². The standard InChI is InChI=1S/C13H23N5S/c1-10(2)13-16-11(14)9-12(17-13)15-3-4-18-5-7-19-8-6-18/h9-10H,3-8H2,1-2H3,(H3,14,15,16,17). The first kappa shape index (κ1) is 14.4. The number of rotatable bonds is 5. The van der Waals surface area contributed by atoms with E-state index in [0.717, 1.165) is 24.7 Å². The smallest absolute Gasteiger partial charge is 0.135 e. The topological polar surface area (TPSA) is 67.1 Å². The Balaban J connectivity index is 1.84. The summed E-state index contributed by atoms with van der Waals surface area (Å²) in [7, 11) is 0. The largest absolute Gasteiger partial charge is 0.384 e. The van der Waals surface area contributed by atoms with Crippen molar-refractivity contribution >= 4 is 23.4 Å². The normalized spacial score (nSPS) is 16.8. The van der Waals surface area contributed by atoms with E-state index in [1.54, 1.807) is 6.07 Å². The van der Waals surface area contributed by atoms with Gasteiger partial charge in [0.25, 0.3) is 0 Å². The number of nitrogens with two attached hydrogens (primary N) is 1. The maximum Gasteiger partial charge on any atom is 0.135 e. The highest BCUT2D eigenvalue weighted by atomic mass is 32.2. The van der Waals surface area contributed by atoms with Crippen molar-refractivity contribution in [1.82, 2.24) is 14.9 Å². The second-order valence-corrected chi connectivity index (χ2v) is 6.30. The highest BCUT2D eigenvalue weighted by molar-refractivity contribution is 7.99. The van der Waals surface area contributed by atoms with Crippen molar-refractivity contribution in [3.8, 4) is 0 Å². The second-order valence-electron chi connectivity index (χ2n) is 5.07. The van der Waals surface area contributed by atoms with E-state index in [1.165, 1.54) is 24.6 Å². The molecule has 1 saturated heterocycles. The highest BCUT2D eigenvalue weighted by Gasteiger charge is 2.10. The van der Waals surface area contributed by atoms with E-state index in [2.05, 4.69) is 34.0 Å². The lowest BCUT2D eigenvalue weighted by molar-refractivity contribution is 0.314. The minimum absolute atomic E-state index is 0.295. The van der Waals surface area contributed by atoms with Crippen LogP contribution in [0.5, 0.6) is 0 Å². The Labute approximate surface area is 119 Å². The van der Waals surface area contributed by atoms with Gasteiger partial charge in [0, 0.05) is 49.7 Å². The number of hydrogen-bond donors (Lipinski definition) is 2. The minimum atomic E-state index is 0.295. The molecule has 2 rings (SSSR count). The van der Waals surface area contributed by atoms with Gasteiger partial charge in [-0.3, -0.25) is 4.90 Å². The van der Waals surface area contributed by atoms with Crippen LogP contribution in [-0.4, -0.2) is 52.6 Å². The van der Waals surface area contributed by atoms with Crippen LogP contribution in [0.2, 0.25) is 0 Å². The molecule has 19 heavy (non-hydrogen) atoms. The van der Waals surface area contributed by atoms with Crippen molar-refractivity contribution in [1.29, 1.82) is 0 Å². The van der Waals surface area contributed by atoms with Crippen LogP contribution < -0.4 is 11.1 Å². The summed E-state index contributed by atoms with van der Waals surface area (Å²) < 4.78 is 0. The first-order chi connectivity index (χ1) is 9.15. The van der Waals surface area contributed by atoms with Crippen molar-refractivity contribution < 1.29 is 0 Å². The van der Waals surface area contributed by atoms with Crippen LogP contribution in [0.4, 0.5) is 11.6 Å². The highest BCUT2D eigenvalue weighted by Crippen LogP contribution is 2.15. The first-order valence-electron chi connectivity index (χ1n) is 6.83. The Morgan fingerprint density at radius 1 is 1.37 bits per heavy atom. The van der Waals surface area contributed by atoms with Crippen molar-refractivity contribution in [2.45, 2.75) is 19.8 Å². The summed E-state index contributed by atoms with van der Waals surface area (Å²) in [5.74, 6) is 4.97. The van der Waals surface area contributed by atoms with Crippen molar-refractivity contribution in [2.24, 2.45) is 0 Å². The molecule has 0 aromatic carbocycles. The molecule has 0 spiro atoms. The summed E-state index contributed by atoms with van der Waals surface area (Å²) >= 11 is 2.04. The molecule has 1 aromatic heterocycles. The van der Waals surface area contributed by atoms with Gasteiger partial charge in [-0.15, -0.1) is 0 Å². The van der Waals surface area contributed by atoms with Gasteiger partial charge in [-0.1, -0.05) is 13.8 Å². The predicted octanol–water partition coefficient (Wildman–Crippen LogP) is 1.64. The average Bonchev–Trinajstić information content (AvgIpc) is 2.39.